The molecule has 0 bridgehead atoms. The van der Waals surface area contributed by atoms with Gasteiger partial charge in [0.2, 0.25) is 11.9 Å². The van der Waals surface area contributed by atoms with Gasteiger partial charge in [-0.1, -0.05) is 0 Å². The van der Waals surface area contributed by atoms with Gasteiger partial charge in [0.25, 0.3) is 22.9 Å². The van der Waals surface area contributed by atoms with Crippen LogP contribution < -0.4 is 54.5 Å². The van der Waals surface area contributed by atoms with Crippen LogP contribution in [0.15, 0.2) is 64.3 Å². The SMILES string of the molecule is Nc1nc2c(c(=O)[nH]1)NC(CNc1ccc(C(=O)NC(CCC(=O)OC=O)C(=O)O)cc1)CN2.Nc1nc2ncc(CNc3ccc(C(=O)NC(CCC(=O)O)C(=O)O)cc3)nc2c(=O)[nH]1. The second-order valence-corrected chi connectivity index (χ2v) is 14.1. The number of carboxylic acids is 3. The number of nitrogens with zero attached hydrogens (tertiary/aromatic N) is 4. The van der Waals surface area contributed by atoms with Gasteiger partial charge in [-0.2, -0.15) is 9.97 Å². The molecule has 4 heterocycles. The van der Waals surface area contributed by atoms with Crippen LogP contribution in [0, 0.1) is 0 Å². The lowest BCUT2D eigenvalue weighted by atomic mass is 10.1. The molecule has 0 fully saturated rings. The average molecular weight is 915 g/mol. The van der Waals surface area contributed by atoms with Gasteiger partial charge in [0, 0.05) is 48.4 Å². The smallest absolute Gasteiger partial charge is 0.326 e. The number of anilines is 6. The number of aromatic amines is 2. The minimum atomic E-state index is -1.33. The molecule has 27 heteroatoms. The van der Waals surface area contributed by atoms with Crippen LogP contribution in [0.1, 0.15) is 52.1 Å². The van der Waals surface area contributed by atoms with Gasteiger partial charge in [0.15, 0.2) is 17.0 Å². The molecule has 0 spiro atoms. The summed E-state index contributed by atoms with van der Waals surface area (Å²) in [4.78, 5) is 124. The summed E-state index contributed by atoms with van der Waals surface area (Å²) in [6, 6.07) is 9.71. The number of rotatable bonds is 19. The number of aromatic nitrogens is 6. The number of H-pyrrole nitrogens is 2. The summed E-state index contributed by atoms with van der Waals surface area (Å²) in [7, 11) is 0. The molecule has 27 nitrogen and oxygen atoms in total. The van der Waals surface area contributed by atoms with Crippen molar-refractivity contribution in [2.24, 2.45) is 0 Å². The molecule has 6 rings (SSSR count). The molecule has 15 N–H and O–H groups in total. The maximum atomic E-state index is 12.4. The molecule has 3 unspecified atom stereocenters. The fourth-order valence-corrected chi connectivity index (χ4v) is 5.96. The van der Waals surface area contributed by atoms with Crippen molar-refractivity contribution in [3.63, 3.8) is 0 Å². The van der Waals surface area contributed by atoms with E-state index in [1.54, 1.807) is 24.3 Å². The molecular weight excluding hydrogens is 873 g/mol. The summed E-state index contributed by atoms with van der Waals surface area (Å²) in [5, 5.41) is 44.1. The Hall–Kier alpha value is -9.17. The Morgan fingerprint density at radius 1 is 0.773 bits per heavy atom. The number of amides is 2. The molecule has 5 aromatic rings. The average Bonchev–Trinajstić information content (AvgIpc) is 3.28. The first-order chi connectivity index (χ1) is 31.5. The van der Waals surface area contributed by atoms with Crippen LogP contribution >= 0.6 is 0 Å². The highest BCUT2D eigenvalue weighted by atomic mass is 16.6. The Morgan fingerprint density at radius 3 is 1.91 bits per heavy atom. The molecule has 3 atom stereocenters. The normalized spacial score (nSPS) is 13.4. The summed E-state index contributed by atoms with van der Waals surface area (Å²) in [5.74, 6) is -5.60. The molecule has 0 saturated carbocycles. The largest absolute Gasteiger partial charge is 0.481 e. The van der Waals surface area contributed by atoms with Crippen LogP contribution in [0.5, 0.6) is 0 Å². The molecule has 0 radical (unpaired) electrons. The Labute approximate surface area is 370 Å². The first-order valence-electron chi connectivity index (χ1n) is 19.5. The molecule has 2 amide bonds. The molecule has 346 valence electrons. The number of hydrogen-bond acceptors (Lipinski definition) is 20. The number of carbonyl (C=O) groups excluding carboxylic acids is 4. The van der Waals surface area contributed by atoms with Gasteiger partial charge in [0.1, 0.15) is 17.8 Å². The molecule has 66 heavy (non-hydrogen) atoms. The number of nitrogens with two attached hydrogens (primary N) is 2. The number of carboxylic acid groups (broad SMARTS) is 3. The van der Waals surface area contributed by atoms with Crippen LogP contribution in [-0.4, -0.2) is 119 Å². The topological polar surface area (TPSA) is 431 Å². The van der Waals surface area contributed by atoms with Gasteiger partial charge in [-0.15, -0.1) is 0 Å². The number of ether oxygens (including phenoxy) is 1. The van der Waals surface area contributed by atoms with Crippen molar-refractivity contribution in [1.82, 2.24) is 40.5 Å². The van der Waals surface area contributed by atoms with Crippen molar-refractivity contribution in [2.75, 3.05) is 45.8 Å². The summed E-state index contributed by atoms with van der Waals surface area (Å²) in [6.45, 7) is 1.13. The minimum absolute atomic E-state index is 0.0221. The first-order valence-corrected chi connectivity index (χ1v) is 19.5. The molecule has 1 aliphatic heterocycles. The third-order valence-corrected chi connectivity index (χ3v) is 9.28. The number of nitrogens with one attached hydrogen (secondary N) is 8. The Kier molecular flexibility index (Phi) is 16.1. The predicted molar refractivity (Wildman–Crippen MR) is 232 cm³/mol. The number of hydrogen-bond donors (Lipinski definition) is 13. The zero-order valence-corrected chi connectivity index (χ0v) is 34.3. The molecule has 0 saturated heterocycles. The van der Waals surface area contributed by atoms with E-state index in [9.17, 15) is 48.3 Å². The van der Waals surface area contributed by atoms with Crippen LogP contribution in [0.4, 0.5) is 34.8 Å². The van der Waals surface area contributed by atoms with E-state index < -0.39 is 53.3 Å². The van der Waals surface area contributed by atoms with E-state index in [-0.39, 0.29) is 84.5 Å². The Morgan fingerprint density at radius 2 is 1.33 bits per heavy atom. The zero-order valence-electron chi connectivity index (χ0n) is 34.3. The van der Waals surface area contributed by atoms with E-state index in [0.29, 0.717) is 41.7 Å². The molecule has 2 aromatic carbocycles. The van der Waals surface area contributed by atoms with Crippen LogP contribution in [-0.2, 0) is 35.3 Å². The summed E-state index contributed by atoms with van der Waals surface area (Å²) >= 11 is 0. The first kappa shape index (κ1) is 47.9. The highest BCUT2D eigenvalue weighted by Gasteiger charge is 2.24. The lowest BCUT2D eigenvalue weighted by molar-refractivity contribution is -0.151. The van der Waals surface area contributed by atoms with Gasteiger partial charge in [-0.25, -0.2) is 19.6 Å². The highest BCUT2D eigenvalue weighted by molar-refractivity contribution is 5.97. The fraction of sp³-hybridized carbons (Fsp3) is 0.256. The van der Waals surface area contributed by atoms with E-state index >= 15 is 0 Å². The standard InChI is InChI=1S/C20H23N7O7.C19H19N7O6/c21-20-26-16-15(18(31)27-20)24-12(8-23-16)7-22-11-3-1-10(2-4-11)17(30)25-13(19(32)33)5-6-14(29)34-9-28;20-19-25-15-14(17(30)26-19)23-11(8-22-15)7-21-10-3-1-9(2-4-10)16(29)24-12(18(31)32)5-6-13(27)28/h1-4,9,12-13,22,24H,5-8H2,(H,25,30)(H,32,33)(H4,21,23,26,27,31);1-4,8,12,21H,5-7H2,(H,24,29)(H,27,28)(H,31,32)(H3,20,22,25,26,30). The second-order valence-electron chi connectivity index (χ2n) is 14.1. The number of esters is 1. The molecule has 0 aliphatic carbocycles. The number of benzene rings is 2. The number of aliphatic carboxylic acids is 3. The van der Waals surface area contributed by atoms with Crippen molar-refractivity contribution in [2.45, 2.75) is 50.4 Å². The third kappa shape index (κ3) is 13.7. The van der Waals surface area contributed by atoms with E-state index in [2.05, 4.69) is 66.5 Å². The van der Waals surface area contributed by atoms with Gasteiger partial charge in [-0.3, -0.25) is 43.5 Å². The summed E-state index contributed by atoms with van der Waals surface area (Å²) in [5.41, 5.74) is 12.8. The van der Waals surface area contributed by atoms with Crippen molar-refractivity contribution < 1.29 is 53.6 Å². The summed E-state index contributed by atoms with van der Waals surface area (Å²) in [6.07, 6.45) is 0.264. The lowest BCUT2D eigenvalue weighted by Crippen LogP contribution is -2.41. The highest BCUT2D eigenvalue weighted by Crippen LogP contribution is 2.20. The van der Waals surface area contributed by atoms with Gasteiger partial charge < -0.3 is 63.4 Å². The van der Waals surface area contributed by atoms with Gasteiger partial charge in [0.05, 0.1) is 24.5 Å². The van der Waals surface area contributed by atoms with E-state index in [1.165, 1.54) is 30.5 Å². The van der Waals surface area contributed by atoms with Crippen LogP contribution in [0.25, 0.3) is 11.2 Å². The monoisotopic (exact) mass is 914 g/mol. The molecule has 1 aliphatic rings. The maximum Gasteiger partial charge on any atom is 0.326 e. The molecule has 3 aromatic heterocycles. The fourth-order valence-electron chi connectivity index (χ4n) is 5.96. The van der Waals surface area contributed by atoms with Crippen LogP contribution in [0.3, 0.4) is 0 Å². The number of nitrogen functional groups attached to an aromatic ring is 2. The van der Waals surface area contributed by atoms with Crippen molar-refractivity contribution >= 4 is 88.1 Å². The van der Waals surface area contributed by atoms with Gasteiger partial charge >= 0.3 is 30.3 Å². The number of fused-ring (bicyclic) bond motifs is 2. The van der Waals surface area contributed by atoms with Crippen LogP contribution in [0.2, 0.25) is 0 Å². The number of carbonyl (C=O) groups is 7. The molecular formula is C39H42N14O13. The van der Waals surface area contributed by atoms with E-state index in [0.717, 1.165) is 0 Å². The third-order valence-electron chi connectivity index (χ3n) is 9.28. The Bertz CT molecular complexity index is 2730. The second kappa shape index (κ2) is 22.3. The summed E-state index contributed by atoms with van der Waals surface area (Å²) < 4.78 is 4.10. The lowest BCUT2D eigenvalue weighted by Gasteiger charge is -2.27. The van der Waals surface area contributed by atoms with Gasteiger partial charge in [-0.05, 0) is 61.4 Å². The van der Waals surface area contributed by atoms with Crippen molar-refractivity contribution in [3.8, 4) is 0 Å². The van der Waals surface area contributed by atoms with Crippen molar-refractivity contribution in [3.05, 3.63) is 92.3 Å². The quantitative estimate of drug-likeness (QED) is 0.0276. The zero-order chi connectivity index (χ0) is 47.9. The Balaban J connectivity index is 0.000000248. The maximum absolute atomic E-state index is 12.4. The predicted octanol–water partition coefficient (Wildman–Crippen LogP) is -0.712. The van der Waals surface area contributed by atoms with Crippen molar-refractivity contribution in [1.29, 1.82) is 0 Å². The minimum Gasteiger partial charge on any atom is -0.481 e. The van der Waals surface area contributed by atoms with E-state index in [4.69, 9.17) is 21.7 Å². The van der Waals surface area contributed by atoms with E-state index in [1.807, 2.05) is 0 Å².